The number of phosphoric acid groups is 1. The molecule has 9 heteroatoms. The van der Waals surface area contributed by atoms with E-state index in [-0.39, 0.29) is 19.4 Å². The van der Waals surface area contributed by atoms with Gasteiger partial charge in [-0.05, 0) is 38.5 Å². The van der Waals surface area contributed by atoms with Gasteiger partial charge in [0, 0.05) is 12.8 Å². The molecule has 0 amide bonds. The minimum absolute atomic E-state index is 0.216. The highest BCUT2D eigenvalue weighted by atomic mass is 31.2. The first-order valence-electron chi connectivity index (χ1n) is 22.0. The van der Waals surface area contributed by atoms with Gasteiger partial charge in [-0.15, -0.1) is 0 Å². The van der Waals surface area contributed by atoms with Crippen LogP contribution in [0.3, 0.4) is 0 Å². The highest BCUT2D eigenvalue weighted by Crippen LogP contribution is 2.36. The Balaban J connectivity index is 3.80. The van der Waals surface area contributed by atoms with Gasteiger partial charge in [0.15, 0.2) is 6.10 Å². The molecular formula is C43H83O8P. The Morgan fingerprint density at radius 3 is 1.17 bits per heavy atom. The van der Waals surface area contributed by atoms with Crippen molar-refractivity contribution in [1.82, 2.24) is 0 Å². The van der Waals surface area contributed by atoms with Crippen molar-refractivity contribution in [3.63, 3.8) is 0 Å². The van der Waals surface area contributed by atoms with Crippen molar-refractivity contribution in [2.24, 2.45) is 0 Å². The molecule has 0 radical (unpaired) electrons. The van der Waals surface area contributed by atoms with Crippen LogP contribution in [0.2, 0.25) is 0 Å². The first kappa shape index (κ1) is 50.8. The van der Waals surface area contributed by atoms with Gasteiger partial charge in [-0.1, -0.05) is 193 Å². The smallest absolute Gasteiger partial charge is 0.462 e. The van der Waals surface area contributed by atoms with Crippen LogP contribution in [0, 0.1) is 0 Å². The largest absolute Gasteiger partial charge is 0.469 e. The Kier molecular flexibility index (Phi) is 38.6. The number of carbonyl (C=O) groups excluding carboxylic acids is 2. The van der Waals surface area contributed by atoms with Gasteiger partial charge >= 0.3 is 19.8 Å². The van der Waals surface area contributed by atoms with Gasteiger partial charge in [0.25, 0.3) is 0 Å². The molecule has 0 heterocycles. The van der Waals surface area contributed by atoms with Crippen LogP contribution in [0.5, 0.6) is 0 Å². The van der Waals surface area contributed by atoms with Gasteiger partial charge < -0.3 is 19.3 Å². The highest BCUT2D eigenvalue weighted by Gasteiger charge is 2.22. The highest BCUT2D eigenvalue weighted by molar-refractivity contribution is 7.46. The van der Waals surface area contributed by atoms with Crippen molar-refractivity contribution in [2.75, 3.05) is 13.2 Å². The Hall–Kier alpha value is -1.21. The molecule has 0 aromatic carbocycles. The number of carbonyl (C=O) groups is 2. The standard InChI is InChI=1S/C43H83O8P/c1-3-5-7-9-11-13-15-16-17-18-19-20-21-22-23-24-25-26-28-30-32-34-36-38-43(45)51-41(40-50-52(46,47)48)39-49-42(44)37-35-33-31-29-27-14-12-10-8-6-4-2/h18-19,41H,3-17,20-40H2,1-2H3,(H2,46,47,48)/b19-18-. The summed E-state index contributed by atoms with van der Waals surface area (Å²) in [4.78, 5) is 42.8. The predicted octanol–water partition coefficient (Wildman–Crippen LogP) is 13.4. The molecule has 0 aliphatic carbocycles. The van der Waals surface area contributed by atoms with E-state index in [0.717, 1.165) is 38.5 Å². The molecule has 2 N–H and O–H groups in total. The Morgan fingerprint density at radius 2 is 0.808 bits per heavy atom. The molecule has 0 aliphatic rings. The van der Waals surface area contributed by atoms with Crippen LogP contribution in [0.25, 0.3) is 0 Å². The quantitative estimate of drug-likeness (QED) is 0.0274. The lowest BCUT2D eigenvalue weighted by Crippen LogP contribution is -2.29. The molecule has 1 unspecified atom stereocenters. The third-order valence-electron chi connectivity index (χ3n) is 9.78. The number of ether oxygens (including phenoxy) is 2. The zero-order valence-electron chi connectivity index (χ0n) is 34.0. The van der Waals surface area contributed by atoms with E-state index in [1.165, 1.54) is 161 Å². The summed E-state index contributed by atoms with van der Waals surface area (Å²) in [6, 6.07) is 0. The van der Waals surface area contributed by atoms with Crippen molar-refractivity contribution >= 4 is 19.8 Å². The Morgan fingerprint density at radius 1 is 0.481 bits per heavy atom. The number of allylic oxidation sites excluding steroid dienone is 2. The van der Waals surface area contributed by atoms with Gasteiger partial charge in [0.05, 0.1) is 6.61 Å². The zero-order chi connectivity index (χ0) is 38.2. The van der Waals surface area contributed by atoms with E-state index in [4.69, 9.17) is 19.3 Å². The van der Waals surface area contributed by atoms with E-state index in [2.05, 4.69) is 30.5 Å². The van der Waals surface area contributed by atoms with Gasteiger partial charge in [-0.25, -0.2) is 4.57 Å². The molecule has 0 bridgehead atoms. The summed E-state index contributed by atoms with van der Waals surface area (Å²) in [6.07, 6.45) is 43.7. The summed E-state index contributed by atoms with van der Waals surface area (Å²) in [5.41, 5.74) is 0. The lowest BCUT2D eigenvalue weighted by molar-refractivity contribution is -0.161. The summed E-state index contributed by atoms with van der Waals surface area (Å²) in [6.45, 7) is 3.70. The fourth-order valence-electron chi connectivity index (χ4n) is 6.49. The molecule has 0 aliphatic heterocycles. The zero-order valence-corrected chi connectivity index (χ0v) is 34.9. The molecule has 0 saturated carbocycles. The fourth-order valence-corrected chi connectivity index (χ4v) is 6.85. The third-order valence-corrected chi connectivity index (χ3v) is 10.3. The molecule has 8 nitrogen and oxygen atoms in total. The monoisotopic (exact) mass is 759 g/mol. The number of rotatable bonds is 41. The number of unbranched alkanes of at least 4 members (excludes halogenated alkanes) is 29. The summed E-state index contributed by atoms with van der Waals surface area (Å²) in [5.74, 6) is -0.875. The number of hydrogen-bond acceptors (Lipinski definition) is 6. The Bertz CT molecular complexity index is 858. The van der Waals surface area contributed by atoms with Gasteiger partial charge in [0.2, 0.25) is 0 Å². The second-order valence-corrected chi connectivity index (χ2v) is 16.3. The van der Waals surface area contributed by atoms with Gasteiger partial charge in [-0.2, -0.15) is 0 Å². The predicted molar refractivity (Wildman–Crippen MR) is 216 cm³/mol. The van der Waals surface area contributed by atoms with Gasteiger partial charge in [-0.3, -0.25) is 14.1 Å². The summed E-state index contributed by atoms with van der Waals surface area (Å²) in [7, 11) is -4.75. The van der Waals surface area contributed by atoms with E-state index < -0.39 is 32.5 Å². The maximum absolute atomic E-state index is 12.4. The number of esters is 2. The van der Waals surface area contributed by atoms with E-state index in [9.17, 15) is 14.2 Å². The van der Waals surface area contributed by atoms with Crippen molar-refractivity contribution in [2.45, 2.75) is 238 Å². The molecule has 52 heavy (non-hydrogen) atoms. The average molecular weight is 759 g/mol. The minimum atomic E-state index is -4.75. The summed E-state index contributed by atoms with van der Waals surface area (Å²) < 4.78 is 26.4. The van der Waals surface area contributed by atoms with Crippen LogP contribution in [-0.4, -0.2) is 41.0 Å². The fraction of sp³-hybridized carbons (Fsp3) is 0.907. The van der Waals surface area contributed by atoms with Crippen LogP contribution in [0.15, 0.2) is 12.2 Å². The average Bonchev–Trinajstić information content (AvgIpc) is 3.11. The summed E-state index contributed by atoms with van der Waals surface area (Å²) >= 11 is 0. The normalized spacial score (nSPS) is 12.5. The van der Waals surface area contributed by atoms with Crippen molar-refractivity contribution < 1.29 is 37.9 Å². The summed E-state index contributed by atoms with van der Waals surface area (Å²) in [5, 5.41) is 0. The number of hydrogen-bond donors (Lipinski definition) is 2. The molecule has 0 aromatic heterocycles. The molecule has 0 rings (SSSR count). The molecule has 0 fully saturated rings. The molecule has 0 aromatic rings. The maximum atomic E-state index is 12.4. The second-order valence-electron chi connectivity index (χ2n) is 15.0. The SMILES string of the molecule is CCCCCCCCCC/C=C\CCCCCCCCCCCCCC(=O)OC(COC(=O)CCCCCCCCCCCCC)COP(=O)(O)O. The lowest BCUT2D eigenvalue weighted by Gasteiger charge is -2.18. The topological polar surface area (TPSA) is 119 Å². The van der Waals surface area contributed by atoms with E-state index in [1.54, 1.807) is 0 Å². The van der Waals surface area contributed by atoms with Crippen LogP contribution in [0.1, 0.15) is 232 Å². The van der Waals surface area contributed by atoms with Crippen LogP contribution < -0.4 is 0 Å². The van der Waals surface area contributed by atoms with Crippen molar-refractivity contribution in [3.8, 4) is 0 Å². The molecule has 1 atom stereocenters. The first-order valence-corrected chi connectivity index (χ1v) is 23.5. The third kappa shape index (κ3) is 41.5. The van der Waals surface area contributed by atoms with E-state index in [0.29, 0.717) is 6.42 Å². The maximum Gasteiger partial charge on any atom is 0.469 e. The lowest BCUT2D eigenvalue weighted by atomic mass is 10.0. The van der Waals surface area contributed by atoms with Crippen molar-refractivity contribution in [1.29, 1.82) is 0 Å². The first-order chi connectivity index (χ1) is 25.3. The Labute approximate surface area is 320 Å². The second kappa shape index (κ2) is 39.5. The van der Waals surface area contributed by atoms with Crippen LogP contribution in [0.4, 0.5) is 0 Å². The van der Waals surface area contributed by atoms with E-state index in [1.807, 2.05) is 0 Å². The molecule has 0 spiro atoms. The van der Waals surface area contributed by atoms with Crippen LogP contribution >= 0.6 is 7.82 Å². The molecule has 0 saturated heterocycles. The van der Waals surface area contributed by atoms with Crippen molar-refractivity contribution in [3.05, 3.63) is 12.2 Å². The van der Waals surface area contributed by atoms with E-state index >= 15 is 0 Å². The molecule has 308 valence electrons. The molecular weight excluding hydrogens is 675 g/mol. The van der Waals surface area contributed by atoms with Gasteiger partial charge in [0.1, 0.15) is 6.61 Å². The minimum Gasteiger partial charge on any atom is -0.462 e. The van der Waals surface area contributed by atoms with Crippen LogP contribution in [-0.2, 0) is 28.2 Å². The number of phosphoric ester groups is 1.